The third-order valence-electron chi connectivity index (χ3n) is 4.82. The number of thioether (sulfide) groups is 1. The summed E-state index contributed by atoms with van der Waals surface area (Å²) in [4.78, 5) is 13.7. The summed E-state index contributed by atoms with van der Waals surface area (Å²) in [5, 5.41) is 2.78. The molecule has 0 spiro atoms. The highest BCUT2D eigenvalue weighted by Crippen LogP contribution is 2.32. The Balaban J connectivity index is 1.66. The number of amides is 1. The van der Waals surface area contributed by atoms with Gasteiger partial charge in [0.25, 0.3) is 5.91 Å². The van der Waals surface area contributed by atoms with Gasteiger partial charge in [-0.1, -0.05) is 37.3 Å². The fraction of sp³-hybridized carbons (Fsp3) is 0.381. The Labute approximate surface area is 182 Å². The van der Waals surface area contributed by atoms with Crippen molar-refractivity contribution in [1.82, 2.24) is 0 Å². The normalized spacial score (nSPS) is 15.4. The minimum Gasteiger partial charge on any atom is -0.322 e. The molecule has 0 unspecified atom stereocenters. The Bertz CT molecular complexity index is 809. The van der Waals surface area contributed by atoms with Gasteiger partial charge in [-0.15, -0.1) is 11.8 Å². The first-order valence-corrected chi connectivity index (χ1v) is 11.7. The van der Waals surface area contributed by atoms with Gasteiger partial charge in [0.05, 0.1) is 5.02 Å². The van der Waals surface area contributed by atoms with Crippen LogP contribution in [0.1, 0.15) is 48.9 Å². The molecule has 0 aliphatic heterocycles. The maximum Gasteiger partial charge on any atom is 0.255 e. The van der Waals surface area contributed by atoms with Gasteiger partial charge in [0.15, 0.2) is 0 Å². The monoisotopic (exact) mass is 517 g/mol. The van der Waals surface area contributed by atoms with E-state index in [-0.39, 0.29) is 10.9 Å². The van der Waals surface area contributed by atoms with Gasteiger partial charge in [-0.25, -0.2) is 4.39 Å². The lowest BCUT2D eigenvalue weighted by atomic mass is 10.0. The fourth-order valence-corrected chi connectivity index (χ4v) is 5.42. The molecule has 144 valence electrons. The van der Waals surface area contributed by atoms with E-state index in [1.165, 1.54) is 56.7 Å². The molecule has 0 atom stereocenters. The minimum absolute atomic E-state index is 0.00458. The zero-order valence-electron chi connectivity index (χ0n) is 14.9. The van der Waals surface area contributed by atoms with Crippen LogP contribution in [0.2, 0.25) is 5.02 Å². The molecule has 2 aromatic carbocycles. The van der Waals surface area contributed by atoms with Crippen molar-refractivity contribution in [2.75, 3.05) is 11.1 Å². The van der Waals surface area contributed by atoms with Gasteiger partial charge >= 0.3 is 0 Å². The number of carbonyl (C=O) groups excluding carboxylic acids is 1. The van der Waals surface area contributed by atoms with Crippen LogP contribution in [-0.2, 0) is 0 Å². The maximum absolute atomic E-state index is 13.3. The first-order valence-electron chi connectivity index (χ1n) is 9.21. The number of hydrogen-bond acceptors (Lipinski definition) is 2. The van der Waals surface area contributed by atoms with Crippen molar-refractivity contribution in [3.8, 4) is 0 Å². The summed E-state index contributed by atoms with van der Waals surface area (Å²) in [5.74, 6) is 1.16. The Hall–Kier alpha value is -0.790. The topological polar surface area (TPSA) is 29.1 Å². The molecular weight excluding hydrogens is 496 g/mol. The van der Waals surface area contributed by atoms with Crippen LogP contribution in [0.5, 0.6) is 0 Å². The van der Waals surface area contributed by atoms with Gasteiger partial charge < -0.3 is 5.32 Å². The lowest BCUT2D eigenvalue weighted by molar-refractivity contribution is 0.102. The average molecular weight is 518 g/mol. The van der Waals surface area contributed by atoms with E-state index in [4.69, 9.17) is 11.6 Å². The molecule has 1 aliphatic carbocycles. The van der Waals surface area contributed by atoms with E-state index in [2.05, 4.69) is 27.9 Å². The Kier molecular flexibility index (Phi) is 7.85. The van der Waals surface area contributed by atoms with Crippen LogP contribution < -0.4 is 5.32 Å². The third-order valence-corrected chi connectivity index (χ3v) is 7.70. The van der Waals surface area contributed by atoms with Crippen LogP contribution in [0.15, 0.2) is 41.3 Å². The summed E-state index contributed by atoms with van der Waals surface area (Å²) in [6.45, 7) is 0. The lowest BCUT2D eigenvalue weighted by Crippen LogP contribution is -2.12. The van der Waals surface area contributed by atoms with Crippen LogP contribution in [0, 0.1) is 15.3 Å². The predicted molar refractivity (Wildman–Crippen MR) is 120 cm³/mol. The zero-order valence-corrected chi connectivity index (χ0v) is 18.7. The minimum atomic E-state index is -0.499. The van der Waals surface area contributed by atoms with E-state index in [0.29, 0.717) is 11.3 Å². The van der Waals surface area contributed by atoms with Crippen molar-refractivity contribution in [2.24, 2.45) is 5.92 Å². The first-order chi connectivity index (χ1) is 13.0. The number of rotatable bonds is 5. The summed E-state index contributed by atoms with van der Waals surface area (Å²) >= 11 is 9.95. The van der Waals surface area contributed by atoms with Gasteiger partial charge in [-0.3, -0.25) is 4.79 Å². The fourth-order valence-electron chi connectivity index (χ4n) is 3.27. The van der Waals surface area contributed by atoms with Gasteiger partial charge in [0, 0.05) is 25.5 Å². The molecule has 2 aromatic rings. The summed E-state index contributed by atoms with van der Waals surface area (Å²) < 4.78 is 14.4. The quantitative estimate of drug-likeness (QED) is 0.254. The zero-order chi connectivity index (χ0) is 19.2. The Morgan fingerprint density at radius 1 is 1.15 bits per heavy atom. The highest BCUT2D eigenvalue weighted by atomic mass is 127. The maximum atomic E-state index is 13.3. The molecule has 0 radical (unpaired) electrons. The summed E-state index contributed by atoms with van der Waals surface area (Å²) in [5.41, 5.74) is 1.08. The van der Waals surface area contributed by atoms with Gasteiger partial charge in [-0.05, 0) is 77.7 Å². The smallest absolute Gasteiger partial charge is 0.255 e. The number of hydrogen-bond donors (Lipinski definition) is 1. The molecule has 3 rings (SSSR count). The second-order valence-corrected chi connectivity index (χ2v) is 9.53. The van der Waals surface area contributed by atoms with Crippen LogP contribution in [0.4, 0.5) is 10.1 Å². The molecule has 1 amide bonds. The predicted octanol–water partition coefficient (Wildman–Crippen LogP) is 7.40. The van der Waals surface area contributed by atoms with Crippen LogP contribution >= 0.6 is 46.0 Å². The summed E-state index contributed by atoms with van der Waals surface area (Å²) in [6.07, 6.45) is 8.03. The molecule has 0 aromatic heterocycles. The Morgan fingerprint density at radius 2 is 1.89 bits per heavy atom. The SMILES string of the molecule is O=C(Nc1ccc(F)c(Cl)c1)c1ccc(I)c(SCC2CCCCCC2)c1. The van der Waals surface area contributed by atoms with Crippen LogP contribution in [-0.4, -0.2) is 11.7 Å². The second kappa shape index (κ2) is 10.1. The molecule has 27 heavy (non-hydrogen) atoms. The van der Waals surface area contributed by atoms with E-state index in [1.807, 2.05) is 30.0 Å². The first kappa shape index (κ1) is 20.9. The number of anilines is 1. The van der Waals surface area contributed by atoms with Crippen molar-refractivity contribution < 1.29 is 9.18 Å². The molecule has 0 heterocycles. The largest absolute Gasteiger partial charge is 0.322 e. The Morgan fingerprint density at radius 3 is 2.59 bits per heavy atom. The lowest BCUT2D eigenvalue weighted by Gasteiger charge is -2.14. The van der Waals surface area contributed by atoms with E-state index in [0.717, 1.165) is 20.1 Å². The standard InChI is InChI=1S/C21H22ClFINOS/c22-17-12-16(8-9-18(17)23)25-21(26)15-7-10-19(24)20(11-15)27-13-14-5-3-1-2-4-6-14/h7-12,14H,1-6,13H2,(H,25,26). The van der Waals surface area contributed by atoms with Crippen LogP contribution in [0.25, 0.3) is 0 Å². The number of benzene rings is 2. The summed E-state index contributed by atoms with van der Waals surface area (Å²) in [7, 11) is 0. The van der Waals surface area contributed by atoms with Crippen molar-refractivity contribution in [1.29, 1.82) is 0 Å². The van der Waals surface area contributed by atoms with Crippen molar-refractivity contribution in [3.05, 3.63) is 56.4 Å². The molecule has 1 aliphatic rings. The number of nitrogens with one attached hydrogen (secondary N) is 1. The van der Waals surface area contributed by atoms with E-state index < -0.39 is 5.82 Å². The summed E-state index contributed by atoms with van der Waals surface area (Å²) in [6, 6.07) is 9.92. The molecule has 1 fully saturated rings. The van der Waals surface area contributed by atoms with E-state index in [1.54, 1.807) is 0 Å². The molecule has 0 bridgehead atoms. The molecular formula is C21H22ClFINOS. The van der Waals surface area contributed by atoms with Crippen molar-refractivity contribution >= 4 is 57.5 Å². The molecule has 1 N–H and O–H groups in total. The molecule has 0 saturated heterocycles. The van der Waals surface area contributed by atoms with Gasteiger partial charge in [0.2, 0.25) is 0 Å². The van der Waals surface area contributed by atoms with E-state index in [9.17, 15) is 9.18 Å². The second-order valence-electron chi connectivity index (χ2n) is 6.90. The van der Waals surface area contributed by atoms with E-state index >= 15 is 0 Å². The van der Waals surface area contributed by atoms with Crippen LogP contribution in [0.3, 0.4) is 0 Å². The van der Waals surface area contributed by atoms with Crippen molar-refractivity contribution in [3.63, 3.8) is 0 Å². The highest BCUT2D eigenvalue weighted by molar-refractivity contribution is 14.1. The van der Waals surface area contributed by atoms with Gasteiger partial charge in [-0.2, -0.15) is 0 Å². The third kappa shape index (κ3) is 6.09. The van der Waals surface area contributed by atoms with Crippen molar-refractivity contribution in [2.45, 2.75) is 43.4 Å². The number of halogens is 3. The molecule has 2 nitrogen and oxygen atoms in total. The highest BCUT2D eigenvalue weighted by Gasteiger charge is 2.15. The number of carbonyl (C=O) groups is 1. The molecule has 1 saturated carbocycles. The average Bonchev–Trinajstić information content (AvgIpc) is 2.93. The van der Waals surface area contributed by atoms with Gasteiger partial charge in [0.1, 0.15) is 5.82 Å². The molecule has 6 heteroatoms.